The number of nitrogens with zero attached hydrogens (tertiary/aromatic N) is 2. The first-order valence-electron chi connectivity index (χ1n) is 9.35. The molecule has 1 aliphatic carbocycles. The van der Waals surface area contributed by atoms with Crippen molar-refractivity contribution in [2.45, 2.75) is 30.3 Å². The summed E-state index contributed by atoms with van der Waals surface area (Å²) in [6, 6.07) is 11.8. The van der Waals surface area contributed by atoms with Gasteiger partial charge in [0.1, 0.15) is 11.3 Å². The number of nitro benzene ring substituents is 1. The molecular weight excluding hydrogens is 408 g/mol. The Morgan fingerprint density at radius 3 is 2.47 bits per heavy atom. The molecule has 0 N–H and O–H groups in total. The van der Waals surface area contributed by atoms with Gasteiger partial charge in [0.15, 0.2) is 6.61 Å². The molecule has 1 amide bonds. The molecule has 1 fully saturated rings. The van der Waals surface area contributed by atoms with E-state index in [0.29, 0.717) is 11.4 Å². The highest BCUT2D eigenvalue weighted by Crippen LogP contribution is 2.29. The maximum atomic E-state index is 12.7. The van der Waals surface area contributed by atoms with E-state index in [1.165, 1.54) is 23.9 Å². The summed E-state index contributed by atoms with van der Waals surface area (Å²) < 4.78 is 10.3. The number of carbonyl (C=O) groups excluding carboxylic acids is 2. The van der Waals surface area contributed by atoms with Crippen LogP contribution in [-0.2, 0) is 16.1 Å². The van der Waals surface area contributed by atoms with Crippen molar-refractivity contribution < 1.29 is 24.0 Å². The fourth-order valence-electron chi connectivity index (χ4n) is 2.99. The van der Waals surface area contributed by atoms with Crippen molar-refractivity contribution in [2.24, 2.45) is 0 Å². The number of esters is 1. The van der Waals surface area contributed by atoms with Gasteiger partial charge in [0.25, 0.3) is 11.6 Å². The van der Waals surface area contributed by atoms with Crippen molar-refractivity contribution in [3.63, 3.8) is 0 Å². The Kier molecular flexibility index (Phi) is 6.94. The van der Waals surface area contributed by atoms with E-state index in [4.69, 9.17) is 9.47 Å². The first-order valence-corrected chi connectivity index (χ1v) is 10.6. The largest absolute Gasteiger partial charge is 0.497 e. The van der Waals surface area contributed by atoms with Crippen LogP contribution in [0.1, 0.15) is 28.8 Å². The van der Waals surface area contributed by atoms with Gasteiger partial charge in [-0.25, -0.2) is 4.79 Å². The SMILES string of the molecule is COc1ccc(CN(C(=O)COC(=O)c2cc(SC)ccc2[N+](=O)[O-])C2CC2)cc1. The third kappa shape index (κ3) is 5.29. The van der Waals surface area contributed by atoms with E-state index in [9.17, 15) is 19.7 Å². The highest BCUT2D eigenvalue weighted by Gasteiger charge is 2.33. The fourth-order valence-corrected chi connectivity index (χ4v) is 3.43. The molecule has 1 saturated carbocycles. The van der Waals surface area contributed by atoms with Crippen LogP contribution < -0.4 is 4.74 Å². The lowest BCUT2D eigenvalue weighted by atomic mass is 10.2. The van der Waals surface area contributed by atoms with Crippen LogP contribution in [0.15, 0.2) is 47.4 Å². The van der Waals surface area contributed by atoms with Crippen molar-refractivity contribution >= 4 is 29.3 Å². The summed E-state index contributed by atoms with van der Waals surface area (Å²) in [5, 5.41) is 11.2. The minimum Gasteiger partial charge on any atom is -0.497 e. The van der Waals surface area contributed by atoms with Gasteiger partial charge in [-0.2, -0.15) is 0 Å². The molecule has 8 nitrogen and oxygen atoms in total. The van der Waals surface area contributed by atoms with Gasteiger partial charge in [0.05, 0.1) is 12.0 Å². The zero-order chi connectivity index (χ0) is 21.7. The number of benzene rings is 2. The summed E-state index contributed by atoms with van der Waals surface area (Å²) in [7, 11) is 1.59. The summed E-state index contributed by atoms with van der Waals surface area (Å²) >= 11 is 1.35. The van der Waals surface area contributed by atoms with Crippen LogP contribution >= 0.6 is 11.8 Å². The summed E-state index contributed by atoms with van der Waals surface area (Å²) in [6.45, 7) is -0.0701. The third-order valence-corrected chi connectivity index (χ3v) is 5.49. The molecule has 3 rings (SSSR count). The molecule has 158 valence electrons. The van der Waals surface area contributed by atoms with Crippen molar-refractivity contribution in [3.05, 3.63) is 63.7 Å². The maximum absolute atomic E-state index is 12.7. The lowest BCUT2D eigenvalue weighted by molar-refractivity contribution is -0.385. The molecule has 0 radical (unpaired) electrons. The summed E-state index contributed by atoms with van der Waals surface area (Å²) in [6.07, 6.45) is 3.60. The van der Waals surface area contributed by atoms with E-state index in [0.717, 1.165) is 24.2 Å². The number of thioether (sulfide) groups is 1. The molecule has 0 spiro atoms. The van der Waals surface area contributed by atoms with Gasteiger partial charge in [0.2, 0.25) is 0 Å². The molecule has 0 bridgehead atoms. The predicted octanol–water partition coefficient (Wildman–Crippen LogP) is 3.67. The number of ether oxygens (including phenoxy) is 2. The number of nitro groups is 1. The average Bonchev–Trinajstić information content (AvgIpc) is 3.60. The van der Waals surface area contributed by atoms with Crippen LogP contribution in [-0.4, -0.2) is 47.7 Å². The highest BCUT2D eigenvalue weighted by molar-refractivity contribution is 7.98. The zero-order valence-corrected chi connectivity index (χ0v) is 17.5. The van der Waals surface area contributed by atoms with Crippen LogP contribution in [0.5, 0.6) is 5.75 Å². The van der Waals surface area contributed by atoms with E-state index in [2.05, 4.69) is 0 Å². The molecule has 2 aromatic carbocycles. The monoisotopic (exact) mass is 430 g/mol. The highest BCUT2D eigenvalue weighted by atomic mass is 32.2. The smallest absolute Gasteiger partial charge is 0.345 e. The van der Waals surface area contributed by atoms with Crippen molar-refractivity contribution in [1.29, 1.82) is 0 Å². The molecule has 0 heterocycles. The maximum Gasteiger partial charge on any atom is 0.345 e. The number of carbonyl (C=O) groups is 2. The van der Waals surface area contributed by atoms with Gasteiger partial charge in [-0.1, -0.05) is 12.1 Å². The Balaban J connectivity index is 1.67. The minimum atomic E-state index is -0.883. The topological polar surface area (TPSA) is 99.0 Å². The minimum absolute atomic E-state index is 0.118. The normalized spacial score (nSPS) is 12.9. The molecule has 30 heavy (non-hydrogen) atoms. The summed E-state index contributed by atoms with van der Waals surface area (Å²) in [5.41, 5.74) is 0.431. The van der Waals surface area contributed by atoms with Gasteiger partial charge in [-0.05, 0) is 48.9 Å². The molecular formula is C21H22N2O6S. The second-order valence-electron chi connectivity index (χ2n) is 6.82. The molecule has 2 aromatic rings. The number of amides is 1. The van der Waals surface area contributed by atoms with Crippen LogP contribution in [0.4, 0.5) is 5.69 Å². The summed E-state index contributed by atoms with van der Waals surface area (Å²) in [5.74, 6) is -0.484. The Bertz CT molecular complexity index is 943. The second kappa shape index (κ2) is 9.62. The Labute approximate surface area is 178 Å². The lowest BCUT2D eigenvalue weighted by Crippen LogP contribution is -2.36. The van der Waals surface area contributed by atoms with Crippen molar-refractivity contribution in [2.75, 3.05) is 20.0 Å². The average molecular weight is 430 g/mol. The Morgan fingerprint density at radius 2 is 1.90 bits per heavy atom. The van der Waals surface area contributed by atoms with Crippen molar-refractivity contribution in [3.8, 4) is 5.75 Å². The first-order chi connectivity index (χ1) is 14.4. The predicted molar refractivity (Wildman–Crippen MR) is 112 cm³/mol. The van der Waals surface area contributed by atoms with Crippen LogP contribution in [0.2, 0.25) is 0 Å². The third-order valence-electron chi connectivity index (χ3n) is 4.77. The van der Waals surface area contributed by atoms with E-state index in [-0.39, 0.29) is 23.2 Å². The molecule has 9 heteroatoms. The van der Waals surface area contributed by atoms with E-state index in [1.54, 1.807) is 24.3 Å². The Hall–Kier alpha value is -3.07. The van der Waals surface area contributed by atoms with Crippen LogP contribution in [0.3, 0.4) is 0 Å². The standard InChI is InChI=1S/C21H22N2O6S/c1-28-16-7-3-14(4-8-16)12-22(15-5-6-15)20(24)13-29-21(25)18-11-17(30-2)9-10-19(18)23(26)27/h3-4,7-11,15H,5-6,12-13H2,1-2H3. The van der Waals surface area contributed by atoms with Gasteiger partial charge < -0.3 is 14.4 Å². The van der Waals surface area contributed by atoms with Crippen LogP contribution in [0.25, 0.3) is 0 Å². The van der Waals surface area contributed by atoms with Crippen LogP contribution in [0, 0.1) is 10.1 Å². The summed E-state index contributed by atoms with van der Waals surface area (Å²) in [4.78, 5) is 38.1. The van der Waals surface area contributed by atoms with E-state index >= 15 is 0 Å². The van der Waals surface area contributed by atoms with Gasteiger partial charge in [-0.15, -0.1) is 11.8 Å². The first kappa shape index (κ1) is 21.6. The molecule has 0 saturated heterocycles. The molecule has 0 unspecified atom stereocenters. The molecule has 1 aliphatic rings. The number of hydrogen-bond acceptors (Lipinski definition) is 7. The Morgan fingerprint density at radius 1 is 1.20 bits per heavy atom. The quantitative estimate of drug-likeness (QED) is 0.259. The van der Waals surface area contributed by atoms with Crippen molar-refractivity contribution in [1.82, 2.24) is 4.90 Å². The van der Waals surface area contributed by atoms with E-state index < -0.39 is 17.5 Å². The lowest BCUT2D eigenvalue weighted by Gasteiger charge is -2.22. The van der Waals surface area contributed by atoms with E-state index in [1.807, 2.05) is 24.3 Å². The zero-order valence-electron chi connectivity index (χ0n) is 16.7. The molecule has 0 aromatic heterocycles. The number of rotatable bonds is 9. The number of methoxy groups -OCH3 is 1. The number of hydrogen-bond donors (Lipinski definition) is 0. The van der Waals surface area contributed by atoms with Gasteiger partial charge >= 0.3 is 5.97 Å². The second-order valence-corrected chi connectivity index (χ2v) is 7.70. The van der Waals surface area contributed by atoms with Gasteiger partial charge in [-0.3, -0.25) is 14.9 Å². The fraction of sp³-hybridized carbons (Fsp3) is 0.333. The van der Waals surface area contributed by atoms with Gasteiger partial charge in [0, 0.05) is 23.5 Å². The molecule has 0 aliphatic heterocycles. The molecule has 0 atom stereocenters.